The Labute approximate surface area is 133 Å². The van der Waals surface area contributed by atoms with Crippen molar-refractivity contribution >= 4 is 22.8 Å². The fraction of sp³-hybridized carbons (Fsp3) is 0.353. The number of amides is 1. The third-order valence-electron chi connectivity index (χ3n) is 3.43. The molecule has 6 nitrogen and oxygen atoms in total. The smallest absolute Gasteiger partial charge is 0.349 e. The summed E-state index contributed by atoms with van der Waals surface area (Å²) in [6, 6.07) is 8.52. The van der Waals surface area contributed by atoms with Crippen molar-refractivity contribution < 1.29 is 18.7 Å². The number of carbonyl (C=O) groups is 2. The Morgan fingerprint density at radius 2 is 1.96 bits per heavy atom. The van der Waals surface area contributed by atoms with E-state index in [1.807, 2.05) is 0 Å². The lowest BCUT2D eigenvalue weighted by molar-refractivity contribution is -0.143. The van der Waals surface area contributed by atoms with Gasteiger partial charge < -0.3 is 14.1 Å². The van der Waals surface area contributed by atoms with Crippen LogP contribution in [0.1, 0.15) is 30.6 Å². The highest BCUT2D eigenvalue weighted by atomic mass is 16.5. The SMILES string of the molecule is CCOC(=O)CCN(CC)C(=O)c1cc2ccccc2oc1=O. The van der Waals surface area contributed by atoms with E-state index in [2.05, 4.69) is 0 Å². The van der Waals surface area contributed by atoms with Crippen LogP contribution in [-0.4, -0.2) is 36.5 Å². The Bertz CT molecular complexity index is 765. The predicted molar refractivity (Wildman–Crippen MR) is 85.3 cm³/mol. The van der Waals surface area contributed by atoms with Crippen molar-refractivity contribution in [3.05, 3.63) is 46.3 Å². The number of hydrogen-bond acceptors (Lipinski definition) is 5. The van der Waals surface area contributed by atoms with E-state index in [4.69, 9.17) is 9.15 Å². The second-order valence-corrected chi connectivity index (χ2v) is 4.93. The van der Waals surface area contributed by atoms with Crippen LogP contribution >= 0.6 is 0 Å². The first-order valence-corrected chi connectivity index (χ1v) is 7.54. The van der Waals surface area contributed by atoms with Crippen molar-refractivity contribution in [3.8, 4) is 0 Å². The standard InChI is InChI=1S/C17H19NO5/c1-3-18(10-9-15(19)22-4-2)16(20)13-11-12-7-5-6-8-14(12)23-17(13)21/h5-8,11H,3-4,9-10H2,1-2H3. The summed E-state index contributed by atoms with van der Waals surface area (Å²) in [4.78, 5) is 37.4. The first-order chi connectivity index (χ1) is 11.1. The lowest BCUT2D eigenvalue weighted by Gasteiger charge is -2.19. The summed E-state index contributed by atoms with van der Waals surface area (Å²) in [5, 5.41) is 0.678. The number of hydrogen-bond donors (Lipinski definition) is 0. The molecule has 1 heterocycles. The third kappa shape index (κ3) is 3.97. The summed E-state index contributed by atoms with van der Waals surface area (Å²) in [5.41, 5.74) is -0.277. The van der Waals surface area contributed by atoms with E-state index in [9.17, 15) is 14.4 Å². The molecule has 1 aromatic carbocycles. The quantitative estimate of drug-likeness (QED) is 0.603. The molecule has 2 rings (SSSR count). The average molecular weight is 317 g/mol. The maximum Gasteiger partial charge on any atom is 0.349 e. The fourth-order valence-electron chi connectivity index (χ4n) is 2.24. The van der Waals surface area contributed by atoms with Gasteiger partial charge in [0.05, 0.1) is 13.0 Å². The van der Waals surface area contributed by atoms with Crippen LogP contribution < -0.4 is 5.63 Å². The Hall–Kier alpha value is -2.63. The van der Waals surface area contributed by atoms with Crippen LogP contribution in [0.2, 0.25) is 0 Å². The molecule has 23 heavy (non-hydrogen) atoms. The molecule has 1 aromatic heterocycles. The van der Waals surface area contributed by atoms with Gasteiger partial charge >= 0.3 is 11.6 Å². The van der Waals surface area contributed by atoms with Gasteiger partial charge in [0.1, 0.15) is 11.1 Å². The zero-order chi connectivity index (χ0) is 16.8. The molecule has 0 aliphatic heterocycles. The minimum atomic E-state index is -0.678. The predicted octanol–water partition coefficient (Wildman–Crippen LogP) is 2.21. The molecule has 122 valence electrons. The molecule has 0 aliphatic carbocycles. The first-order valence-electron chi connectivity index (χ1n) is 7.54. The van der Waals surface area contributed by atoms with E-state index < -0.39 is 11.5 Å². The number of ether oxygens (including phenoxy) is 1. The maximum absolute atomic E-state index is 12.5. The highest BCUT2D eigenvalue weighted by Crippen LogP contribution is 2.14. The van der Waals surface area contributed by atoms with Crippen LogP contribution in [0.25, 0.3) is 11.0 Å². The van der Waals surface area contributed by atoms with Gasteiger partial charge in [0.25, 0.3) is 5.91 Å². The van der Waals surface area contributed by atoms with Crippen LogP contribution in [0.3, 0.4) is 0 Å². The number of benzene rings is 1. The molecule has 0 radical (unpaired) electrons. The zero-order valence-corrected chi connectivity index (χ0v) is 13.2. The van der Waals surface area contributed by atoms with Gasteiger partial charge in [-0.15, -0.1) is 0 Å². The second kappa shape index (κ2) is 7.58. The Kier molecular flexibility index (Phi) is 5.51. The molecule has 0 atom stereocenters. The van der Waals surface area contributed by atoms with Gasteiger partial charge in [0, 0.05) is 18.5 Å². The minimum Gasteiger partial charge on any atom is -0.466 e. The summed E-state index contributed by atoms with van der Waals surface area (Å²) >= 11 is 0. The summed E-state index contributed by atoms with van der Waals surface area (Å²) in [6.45, 7) is 4.38. The maximum atomic E-state index is 12.5. The van der Waals surface area contributed by atoms with Gasteiger partial charge in [-0.25, -0.2) is 4.79 Å². The average Bonchev–Trinajstić information content (AvgIpc) is 2.54. The molecule has 0 saturated carbocycles. The van der Waals surface area contributed by atoms with Gasteiger partial charge in [-0.3, -0.25) is 9.59 Å². The van der Waals surface area contributed by atoms with Gasteiger partial charge in [-0.1, -0.05) is 18.2 Å². The van der Waals surface area contributed by atoms with Crippen LogP contribution in [0.5, 0.6) is 0 Å². The van der Waals surface area contributed by atoms with Gasteiger partial charge in [-0.2, -0.15) is 0 Å². The summed E-state index contributed by atoms with van der Waals surface area (Å²) in [6.07, 6.45) is 0.0896. The molecule has 2 aromatic rings. The van der Waals surface area contributed by atoms with E-state index in [0.717, 1.165) is 0 Å². The van der Waals surface area contributed by atoms with E-state index in [1.54, 1.807) is 38.1 Å². The zero-order valence-electron chi connectivity index (χ0n) is 13.2. The fourth-order valence-corrected chi connectivity index (χ4v) is 2.24. The molecule has 0 aliphatic rings. The Morgan fingerprint density at radius 1 is 1.22 bits per heavy atom. The number of fused-ring (bicyclic) bond motifs is 1. The number of para-hydroxylation sites is 1. The van der Waals surface area contributed by atoms with Crippen LogP contribution in [0, 0.1) is 0 Å². The number of carbonyl (C=O) groups excluding carboxylic acids is 2. The van der Waals surface area contributed by atoms with E-state index >= 15 is 0 Å². The molecule has 0 bridgehead atoms. The normalized spacial score (nSPS) is 10.5. The molecular formula is C17H19NO5. The van der Waals surface area contributed by atoms with Crippen molar-refractivity contribution in [1.82, 2.24) is 4.90 Å². The van der Waals surface area contributed by atoms with Crippen LogP contribution in [0.15, 0.2) is 39.5 Å². The Balaban J connectivity index is 2.22. The van der Waals surface area contributed by atoms with Gasteiger partial charge in [0.2, 0.25) is 0 Å². The molecule has 0 N–H and O–H groups in total. The largest absolute Gasteiger partial charge is 0.466 e. The molecule has 0 saturated heterocycles. The van der Waals surface area contributed by atoms with E-state index in [0.29, 0.717) is 24.1 Å². The molecule has 0 unspecified atom stereocenters. The first kappa shape index (κ1) is 16.7. The highest BCUT2D eigenvalue weighted by molar-refractivity contribution is 5.96. The number of nitrogens with zero attached hydrogens (tertiary/aromatic N) is 1. The Morgan fingerprint density at radius 3 is 2.65 bits per heavy atom. The molecule has 1 amide bonds. The van der Waals surface area contributed by atoms with Crippen molar-refractivity contribution in [2.45, 2.75) is 20.3 Å². The van der Waals surface area contributed by atoms with Crippen LogP contribution in [0.4, 0.5) is 0 Å². The number of rotatable bonds is 6. The monoisotopic (exact) mass is 317 g/mol. The lowest BCUT2D eigenvalue weighted by atomic mass is 10.1. The summed E-state index contributed by atoms with van der Waals surface area (Å²) in [5.74, 6) is -0.819. The van der Waals surface area contributed by atoms with Gasteiger partial charge in [0.15, 0.2) is 0 Å². The van der Waals surface area contributed by atoms with Gasteiger partial charge in [-0.05, 0) is 26.0 Å². The van der Waals surface area contributed by atoms with E-state index in [1.165, 1.54) is 11.0 Å². The van der Waals surface area contributed by atoms with Crippen molar-refractivity contribution in [1.29, 1.82) is 0 Å². The molecule has 0 fully saturated rings. The molecule has 0 spiro atoms. The highest BCUT2D eigenvalue weighted by Gasteiger charge is 2.20. The van der Waals surface area contributed by atoms with Crippen molar-refractivity contribution in [2.24, 2.45) is 0 Å². The van der Waals surface area contributed by atoms with Crippen molar-refractivity contribution in [3.63, 3.8) is 0 Å². The lowest BCUT2D eigenvalue weighted by Crippen LogP contribution is -2.35. The minimum absolute atomic E-state index is 0.0330. The summed E-state index contributed by atoms with van der Waals surface area (Å²) in [7, 11) is 0. The molecule has 6 heteroatoms. The summed E-state index contributed by atoms with van der Waals surface area (Å²) < 4.78 is 10.0. The third-order valence-corrected chi connectivity index (χ3v) is 3.43. The van der Waals surface area contributed by atoms with Crippen LogP contribution in [-0.2, 0) is 9.53 Å². The number of esters is 1. The topological polar surface area (TPSA) is 76.8 Å². The van der Waals surface area contributed by atoms with E-state index in [-0.39, 0.29) is 24.5 Å². The molecular weight excluding hydrogens is 298 g/mol. The van der Waals surface area contributed by atoms with Crippen molar-refractivity contribution in [2.75, 3.05) is 19.7 Å². The second-order valence-electron chi connectivity index (χ2n) is 4.93.